The van der Waals surface area contributed by atoms with Crippen LogP contribution in [-0.2, 0) is 4.74 Å². The minimum absolute atomic E-state index is 0.0849. The van der Waals surface area contributed by atoms with E-state index in [9.17, 15) is 4.79 Å². The van der Waals surface area contributed by atoms with E-state index < -0.39 is 0 Å². The zero-order valence-electron chi connectivity index (χ0n) is 10.9. The van der Waals surface area contributed by atoms with Crippen molar-refractivity contribution in [2.24, 2.45) is 5.92 Å². The van der Waals surface area contributed by atoms with Crippen molar-refractivity contribution in [1.29, 1.82) is 0 Å². The van der Waals surface area contributed by atoms with Gasteiger partial charge >= 0.3 is 6.03 Å². The lowest BCUT2D eigenvalue weighted by Crippen LogP contribution is -2.47. The molecule has 2 N–H and O–H groups in total. The van der Waals surface area contributed by atoms with E-state index >= 15 is 0 Å². The van der Waals surface area contributed by atoms with Gasteiger partial charge in [-0.3, -0.25) is 0 Å². The van der Waals surface area contributed by atoms with Crippen LogP contribution in [0.3, 0.4) is 0 Å². The molecular formula is C13H24N2O2. The van der Waals surface area contributed by atoms with Gasteiger partial charge < -0.3 is 15.4 Å². The Balaban J connectivity index is 2.26. The van der Waals surface area contributed by atoms with Crippen molar-refractivity contribution in [3.63, 3.8) is 0 Å². The summed E-state index contributed by atoms with van der Waals surface area (Å²) < 4.78 is 5.31. The van der Waals surface area contributed by atoms with E-state index in [1.54, 1.807) is 0 Å². The molecule has 0 aromatic carbocycles. The van der Waals surface area contributed by atoms with Gasteiger partial charge in [-0.1, -0.05) is 6.08 Å². The predicted molar refractivity (Wildman–Crippen MR) is 68.9 cm³/mol. The van der Waals surface area contributed by atoms with Crippen LogP contribution >= 0.6 is 0 Å². The summed E-state index contributed by atoms with van der Waals surface area (Å²) in [5.41, 5.74) is 0. The number of hydrogen-bond donors (Lipinski definition) is 2. The Kier molecular flexibility index (Phi) is 6.05. The predicted octanol–water partition coefficient (Wildman–Crippen LogP) is 2.07. The summed E-state index contributed by atoms with van der Waals surface area (Å²) in [4.78, 5) is 11.7. The van der Waals surface area contributed by atoms with Gasteiger partial charge in [0.05, 0.1) is 0 Å². The highest BCUT2D eigenvalue weighted by molar-refractivity contribution is 5.74. The maximum atomic E-state index is 11.7. The zero-order valence-corrected chi connectivity index (χ0v) is 10.9. The van der Waals surface area contributed by atoms with Crippen molar-refractivity contribution >= 4 is 6.03 Å². The summed E-state index contributed by atoms with van der Waals surface area (Å²) in [5, 5.41) is 5.90. The second-order valence-corrected chi connectivity index (χ2v) is 4.78. The van der Waals surface area contributed by atoms with Gasteiger partial charge in [0, 0.05) is 25.3 Å². The number of ether oxygens (including phenoxy) is 1. The summed E-state index contributed by atoms with van der Waals surface area (Å²) in [5.74, 6) is 0.532. The Labute approximate surface area is 104 Å². The van der Waals surface area contributed by atoms with Crippen molar-refractivity contribution in [1.82, 2.24) is 10.6 Å². The fourth-order valence-electron chi connectivity index (χ4n) is 2.11. The van der Waals surface area contributed by atoms with Gasteiger partial charge in [-0.2, -0.15) is 0 Å². The van der Waals surface area contributed by atoms with Crippen molar-refractivity contribution in [2.45, 2.75) is 45.2 Å². The molecule has 0 spiro atoms. The van der Waals surface area contributed by atoms with Gasteiger partial charge in [-0.05, 0) is 39.0 Å². The fourth-order valence-corrected chi connectivity index (χ4v) is 2.11. The van der Waals surface area contributed by atoms with E-state index in [-0.39, 0.29) is 18.1 Å². The second kappa shape index (κ2) is 7.33. The molecule has 0 bridgehead atoms. The standard InChI is InChI=1S/C13H24N2O2/c1-4-5-10(2)14-13(16)15-11(3)12-6-8-17-9-7-12/h4,10-12H,1,5-9H2,2-3H3,(H2,14,15,16)/t10-,11+/m1/s1. The third-order valence-electron chi connectivity index (χ3n) is 3.23. The summed E-state index contributed by atoms with van der Waals surface area (Å²) in [6.07, 6.45) is 4.67. The summed E-state index contributed by atoms with van der Waals surface area (Å²) in [6, 6.07) is 0.252. The highest BCUT2D eigenvalue weighted by Crippen LogP contribution is 2.18. The van der Waals surface area contributed by atoms with E-state index in [1.165, 1.54) is 0 Å². The van der Waals surface area contributed by atoms with Crippen molar-refractivity contribution in [3.8, 4) is 0 Å². The van der Waals surface area contributed by atoms with E-state index in [1.807, 2.05) is 13.0 Å². The molecule has 0 radical (unpaired) electrons. The molecule has 2 amide bonds. The number of nitrogens with one attached hydrogen (secondary N) is 2. The SMILES string of the molecule is C=CC[C@@H](C)NC(=O)N[C@@H](C)C1CCOCC1. The van der Waals surface area contributed by atoms with Crippen LogP contribution in [0.2, 0.25) is 0 Å². The summed E-state index contributed by atoms with van der Waals surface area (Å²) >= 11 is 0. The molecule has 1 rings (SSSR count). The van der Waals surface area contributed by atoms with Crippen LogP contribution in [0.25, 0.3) is 0 Å². The first-order chi connectivity index (χ1) is 8.13. The lowest BCUT2D eigenvalue weighted by atomic mass is 9.93. The van der Waals surface area contributed by atoms with Crippen molar-refractivity contribution in [3.05, 3.63) is 12.7 Å². The van der Waals surface area contributed by atoms with E-state index in [4.69, 9.17) is 4.74 Å². The topological polar surface area (TPSA) is 50.4 Å². The average Bonchev–Trinajstić information content (AvgIpc) is 2.30. The van der Waals surface area contributed by atoms with Crippen LogP contribution in [-0.4, -0.2) is 31.3 Å². The van der Waals surface area contributed by atoms with E-state index in [0.29, 0.717) is 5.92 Å². The van der Waals surface area contributed by atoms with Gasteiger partial charge in [-0.15, -0.1) is 6.58 Å². The molecule has 1 aliphatic heterocycles. The van der Waals surface area contributed by atoms with Crippen molar-refractivity contribution in [2.75, 3.05) is 13.2 Å². The fraction of sp³-hybridized carbons (Fsp3) is 0.769. The van der Waals surface area contributed by atoms with Gasteiger partial charge in [0.2, 0.25) is 0 Å². The zero-order chi connectivity index (χ0) is 12.7. The van der Waals surface area contributed by atoms with Crippen LogP contribution in [0.4, 0.5) is 4.79 Å². The highest BCUT2D eigenvalue weighted by atomic mass is 16.5. The first-order valence-corrected chi connectivity index (χ1v) is 6.39. The maximum absolute atomic E-state index is 11.7. The first-order valence-electron chi connectivity index (χ1n) is 6.39. The molecule has 0 saturated carbocycles. The molecule has 4 heteroatoms. The molecule has 2 atom stereocenters. The first kappa shape index (κ1) is 14.0. The number of rotatable bonds is 5. The summed E-state index contributed by atoms with van der Waals surface area (Å²) in [6.45, 7) is 9.31. The smallest absolute Gasteiger partial charge is 0.315 e. The lowest BCUT2D eigenvalue weighted by Gasteiger charge is -2.28. The molecule has 98 valence electrons. The Hall–Kier alpha value is -1.03. The Morgan fingerprint density at radius 1 is 1.41 bits per heavy atom. The van der Waals surface area contributed by atoms with Gasteiger partial charge in [0.25, 0.3) is 0 Å². The van der Waals surface area contributed by atoms with Crippen LogP contribution in [0.15, 0.2) is 12.7 Å². The molecule has 1 saturated heterocycles. The number of hydrogen-bond acceptors (Lipinski definition) is 2. The molecule has 1 heterocycles. The number of amides is 2. The van der Waals surface area contributed by atoms with E-state index in [0.717, 1.165) is 32.5 Å². The lowest BCUT2D eigenvalue weighted by molar-refractivity contribution is 0.0570. The minimum Gasteiger partial charge on any atom is -0.381 e. The molecule has 1 aliphatic rings. The molecule has 1 fully saturated rings. The molecule has 0 aromatic heterocycles. The second-order valence-electron chi connectivity index (χ2n) is 4.78. The third kappa shape index (κ3) is 5.22. The van der Waals surface area contributed by atoms with Crippen LogP contribution in [0.5, 0.6) is 0 Å². The molecule has 0 unspecified atom stereocenters. The van der Waals surface area contributed by atoms with Crippen LogP contribution in [0.1, 0.15) is 33.1 Å². The third-order valence-corrected chi connectivity index (χ3v) is 3.23. The van der Waals surface area contributed by atoms with Crippen LogP contribution < -0.4 is 10.6 Å². The monoisotopic (exact) mass is 240 g/mol. The molecule has 4 nitrogen and oxygen atoms in total. The maximum Gasteiger partial charge on any atom is 0.315 e. The number of carbonyl (C=O) groups excluding carboxylic acids is 1. The largest absolute Gasteiger partial charge is 0.381 e. The van der Waals surface area contributed by atoms with Gasteiger partial charge in [0.1, 0.15) is 0 Å². The minimum atomic E-state index is -0.0849. The summed E-state index contributed by atoms with van der Waals surface area (Å²) in [7, 11) is 0. The molecule has 17 heavy (non-hydrogen) atoms. The number of carbonyl (C=O) groups is 1. The Bertz CT molecular complexity index is 250. The average molecular weight is 240 g/mol. The van der Waals surface area contributed by atoms with Crippen molar-refractivity contribution < 1.29 is 9.53 Å². The highest BCUT2D eigenvalue weighted by Gasteiger charge is 2.21. The quantitative estimate of drug-likeness (QED) is 0.723. The van der Waals surface area contributed by atoms with Crippen LogP contribution in [0, 0.1) is 5.92 Å². The Morgan fingerprint density at radius 2 is 2.06 bits per heavy atom. The normalized spacial score (nSPS) is 20.4. The molecule has 0 aliphatic carbocycles. The van der Waals surface area contributed by atoms with Gasteiger partial charge in [0.15, 0.2) is 0 Å². The molecular weight excluding hydrogens is 216 g/mol. The van der Waals surface area contributed by atoms with E-state index in [2.05, 4.69) is 24.1 Å². The van der Waals surface area contributed by atoms with Gasteiger partial charge in [-0.25, -0.2) is 4.79 Å². The number of urea groups is 1. The Morgan fingerprint density at radius 3 is 2.65 bits per heavy atom. The molecule has 0 aromatic rings.